The van der Waals surface area contributed by atoms with Crippen LogP contribution in [0.3, 0.4) is 0 Å². The standard InChI is InChI=1S/C16H19ClO3S/c17-12-8-6-11(7-9-12)14(18)10-15(16(19)20)21-13-4-2-1-3-5-13/h6-9,13,15H,1-5,10H2,(H,19,20). The molecule has 1 aliphatic rings. The Labute approximate surface area is 134 Å². The maximum absolute atomic E-state index is 12.2. The number of aliphatic carboxylic acids is 1. The highest BCUT2D eigenvalue weighted by Gasteiger charge is 2.27. The summed E-state index contributed by atoms with van der Waals surface area (Å²) < 4.78 is 0. The molecule has 0 amide bonds. The Morgan fingerprint density at radius 1 is 1.19 bits per heavy atom. The third-order valence-corrected chi connectivity index (χ3v) is 5.53. The molecular formula is C16H19ClO3S. The van der Waals surface area contributed by atoms with Gasteiger partial charge in [0.2, 0.25) is 0 Å². The minimum absolute atomic E-state index is 0.0398. The van der Waals surface area contributed by atoms with Gasteiger partial charge in [0.25, 0.3) is 0 Å². The molecule has 0 aromatic heterocycles. The predicted octanol–water partition coefficient (Wildman–Crippen LogP) is 4.43. The summed E-state index contributed by atoms with van der Waals surface area (Å²) in [5.41, 5.74) is 0.523. The van der Waals surface area contributed by atoms with Gasteiger partial charge in [0.1, 0.15) is 5.25 Å². The molecule has 5 heteroatoms. The van der Waals surface area contributed by atoms with E-state index in [1.807, 2.05) is 0 Å². The number of rotatable bonds is 6. The van der Waals surface area contributed by atoms with Crippen LogP contribution in [0.25, 0.3) is 0 Å². The van der Waals surface area contributed by atoms with Crippen molar-refractivity contribution in [1.29, 1.82) is 0 Å². The van der Waals surface area contributed by atoms with Crippen molar-refractivity contribution in [3.63, 3.8) is 0 Å². The molecule has 0 spiro atoms. The fourth-order valence-electron chi connectivity index (χ4n) is 2.55. The lowest BCUT2D eigenvalue weighted by Gasteiger charge is -2.24. The molecule has 1 fully saturated rings. The lowest BCUT2D eigenvalue weighted by molar-refractivity contribution is -0.136. The zero-order valence-corrected chi connectivity index (χ0v) is 13.3. The van der Waals surface area contributed by atoms with Crippen LogP contribution in [0.4, 0.5) is 0 Å². The number of halogens is 1. The van der Waals surface area contributed by atoms with Crippen molar-refractivity contribution in [3.05, 3.63) is 34.9 Å². The molecule has 0 aliphatic heterocycles. The van der Waals surface area contributed by atoms with Gasteiger partial charge >= 0.3 is 5.97 Å². The fraction of sp³-hybridized carbons (Fsp3) is 0.500. The van der Waals surface area contributed by atoms with Crippen LogP contribution in [0.15, 0.2) is 24.3 Å². The Morgan fingerprint density at radius 3 is 2.38 bits per heavy atom. The summed E-state index contributed by atoms with van der Waals surface area (Å²) in [4.78, 5) is 23.6. The Hall–Kier alpha value is -1.00. The Morgan fingerprint density at radius 2 is 1.81 bits per heavy atom. The van der Waals surface area contributed by atoms with E-state index in [1.54, 1.807) is 24.3 Å². The summed E-state index contributed by atoms with van der Waals surface area (Å²) >= 11 is 7.25. The van der Waals surface area contributed by atoms with Gasteiger partial charge in [-0.15, -0.1) is 11.8 Å². The molecule has 1 atom stereocenters. The lowest BCUT2D eigenvalue weighted by Crippen LogP contribution is -2.24. The molecule has 1 unspecified atom stereocenters. The molecule has 1 aromatic carbocycles. The molecule has 0 saturated heterocycles. The normalized spacial score (nSPS) is 17.4. The highest BCUT2D eigenvalue weighted by Crippen LogP contribution is 2.32. The summed E-state index contributed by atoms with van der Waals surface area (Å²) in [6, 6.07) is 6.60. The average Bonchev–Trinajstić information content (AvgIpc) is 2.48. The van der Waals surface area contributed by atoms with E-state index in [0.29, 0.717) is 15.8 Å². The van der Waals surface area contributed by atoms with Crippen molar-refractivity contribution in [2.24, 2.45) is 0 Å². The van der Waals surface area contributed by atoms with Crippen LogP contribution in [0.2, 0.25) is 5.02 Å². The van der Waals surface area contributed by atoms with Gasteiger partial charge in [-0.3, -0.25) is 9.59 Å². The second kappa shape index (κ2) is 7.85. The van der Waals surface area contributed by atoms with E-state index >= 15 is 0 Å². The third-order valence-electron chi connectivity index (χ3n) is 3.72. The minimum atomic E-state index is -0.895. The number of hydrogen-bond acceptors (Lipinski definition) is 3. The van der Waals surface area contributed by atoms with Gasteiger partial charge < -0.3 is 5.11 Å². The van der Waals surface area contributed by atoms with Gasteiger partial charge in [-0.25, -0.2) is 0 Å². The summed E-state index contributed by atoms with van der Waals surface area (Å²) in [5.74, 6) is -1.03. The Bertz CT molecular complexity index is 495. The molecule has 1 aromatic rings. The van der Waals surface area contributed by atoms with Gasteiger partial charge in [0.05, 0.1) is 0 Å². The number of hydrogen-bond donors (Lipinski definition) is 1. The summed E-state index contributed by atoms with van der Waals surface area (Å²) in [6.07, 6.45) is 5.72. The smallest absolute Gasteiger partial charge is 0.317 e. The zero-order valence-electron chi connectivity index (χ0n) is 11.8. The van der Waals surface area contributed by atoms with Gasteiger partial charge in [-0.2, -0.15) is 0 Å². The molecule has 21 heavy (non-hydrogen) atoms. The fourth-order valence-corrected chi connectivity index (χ4v) is 4.11. The first-order chi connectivity index (χ1) is 10.1. The van der Waals surface area contributed by atoms with Crippen molar-refractivity contribution < 1.29 is 14.7 Å². The van der Waals surface area contributed by atoms with E-state index in [4.69, 9.17) is 11.6 Å². The first kappa shape index (κ1) is 16.4. The van der Waals surface area contributed by atoms with Crippen LogP contribution in [-0.2, 0) is 4.79 Å². The molecular weight excluding hydrogens is 308 g/mol. The Kier molecular flexibility index (Phi) is 6.12. The number of carboxylic acid groups (broad SMARTS) is 1. The minimum Gasteiger partial charge on any atom is -0.480 e. The molecule has 0 heterocycles. The van der Waals surface area contributed by atoms with E-state index in [1.165, 1.54) is 18.2 Å². The zero-order chi connectivity index (χ0) is 15.2. The largest absolute Gasteiger partial charge is 0.480 e. The highest BCUT2D eigenvalue weighted by atomic mass is 35.5. The summed E-state index contributed by atoms with van der Waals surface area (Å²) in [6.45, 7) is 0. The Balaban J connectivity index is 1.96. The van der Waals surface area contributed by atoms with E-state index in [2.05, 4.69) is 0 Å². The van der Waals surface area contributed by atoms with Crippen LogP contribution >= 0.6 is 23.4 Å². The number of benzene rings is 1. The molecule has 0 radical (unpaired) electrons. The second-order valence-electron chi connectivity index (χ2n) is 5.36. The maximum atomic E-state index is 12.2. The summed E-state index contributed by atoms with van der Waals surface area (Å²) in [7, 11) is 0. The van der Waals surface area contributed by atoms with Gasteiger partial charge in [0.15, 0.2) is 5.78 Å². The number of Topliss-reactive ketones (excluding diaryl/α,β-unsaturated/α-hetero) is 1. The first-order valence-corrected chi connectivity index (χ1v) is 8.55. The van der Waals surface area contributed by atoms with Crippen molar-refractivity contribution >= 4 is 35.1 Å². The molecule has 3 nitrogen and oxygen atoms in total. The number of carboxylic acids is 1. The van der Waals surface area contributed by atoms with E-state index < -0.39 is 11.2 Å². The molecule has 0 bridgehead atoms. The van der Waals surface area contributed by atoms with Crippen LogP contribution in [0.5, 0.6) is 0 Å². The summed E-state index contributed by atoms with van der Waals surface area (Å²) in [5, 5.41) is 9.63. The van der Waals surface area contributed by atoms with Gasteiger partial charge in [0, 0.05) is 22.3 Å². The first-order valence-electron chi connectivity index (χ1n) is 7.23. The highest BCUT2D eigenvalue weighted by molar-refractivity contribution is 8.01. The SMILES string of the molecule is O=C(CC(SC1CCCCC1)C(=O)O)c1ccc(Cl)cc1. The third kappa shape index (κ3) is 5.04. The maximum Gasteiger partial charge on any atom is 0.317 e. The molecule has 1 N–H and O–H groups in total. The lowest BCUT2D eigenvalue weighted by atomic mass is 10.0. The van der Waals surface area contributed by atoms with Crippen molar-refractivity contribution in [3.8, 4) is 0 Å². The molecule has 1 aliphatic carbocycles. The topological polar surface area (TPSA) is 54.4 Å². The predicted molar refractivity (Wildman–Crippen MR) is 86.3 cm³/mol. The van der Waals surface area contributed by atoms with Crippen LogP contribution < -0.4 is 0 Å². The van der Waals surface area contributed by atoms with E-state index in [-0.39, 0.29) is 12.2 Å². The second-order valence-corrected chi connectivity index (χ2v) is 7.30. The molecule has 114 valence electrons. The van der Waals surface area contributed by atoms with Crippen LogP contribution in [0.1, 0.15) is 48.9 Å². The van der Waals surface area contributed by atoms with Gasteiger partial charge in [-0.05, 0) is 37.1 Å². The molecule has 1 saturated carbocycles. The average molecular weight is 327 g/mol. The number of thioether (sulfide) groups is 1. The van der Waals surface area contributed by atoms with Crippen molar-refractivity contribution in [1.82, 2.24) is 0 Å². The van der Waals surface area contributed by atoms with Crippen molar-refractivity contribution in [2.45, 2.75) is 49.0 Å². The number of carbonyl (C=O) groups is 2. The van der Waals surface area contributed by atoms with Crippen molar-refractivity contribution in [2.75, 3.05) is 0 Å². The quantitative estimate of drug-likeness (QED) is 0.786. The van der Waals surface area contributed by atoms with Crippen LogP contribution in [0, 0.1) is 0 Å². The van der Waals surface area contributed by atoms with E-state index in [0.717, 1.165) is 25.7 Å². The van der Waals surface area contributed by atoms with Crippen LogP contribution in [-0.4, -0.2) is 27.4 Å². The number of carbonyl (C=O) groups excluding carboxylic acids is 1. The van der Waals surface area contributed by atoms with Gasteiger partial charge in [-0.1, -0.05) is 30.9 Å². The molecule has 2 rings (SSSR count). The number of ketones is 1. The van der Waals surface area contributed by atoms with E-state index in [9.17, 15) is 14.7 Å². The monoisotopic (exact) mass is 326 g/mol.